The van der Waals surface area contributed by atoms with Crippen LogP contribution in [0.15, 0.2) is 0 Å². The number of hydrogen-bond acceptors (Lipinski definition) is 3. The van der Waals surface area contributed by atoms with Gasteiger partial charge in [-0.1, -0.05) is 6.92 Å². The Labute approximate surface area is 92.0 Å². The normalized spacial score (nSPS) is 19.2. The van der Waals surface area contributed by atoms with Crippen molar-refractivity contribution >= 4 is 6.09 Å². The average molecular weight is 214 g/mol. The number of carbonyl (C=O) groups is 1. The van der Waals surface area contributed by atoms with E-state index in [1.54, 1.807) is 4.90 Å². The van der Waals surface area contributed by atoms with Gasteiger partial charge in [-0.2, -0.15) is 0 Å². The monoisotopic (exact) mass is 214 g/mol. The minimum atomic E-state index is -0.169. The molecule has 1 fully saturated rings. The molecule has 0 aromatic rings. The summed E-state index contributed by atoms with van der Waals surface area (Å²) in [7, 11) is 0. The molecule has 1 rings (SSSR count). The number of carbonyl (C=O) groups excluding carboxylic acids is 1. The minimum absolute atomic E-state index is 0.139. The lowest BCUT2D eigenvalue weighted by molar-refractivity contribution is 0.154. The number of rotatable bonds is 4. The quantitative estimate of drug-likeness (QED) is 0.770. The molecule has 1 unspecified atom stereocenters. The molecule has 88 valence electrons. The zero-order valence-corrected chi connectivity index (χ0v) is 10.2. The summed E-state index contributed by atoms with van der Waals surface area (Å²) in [4.78, 5) is 13.0. The summed E-state index contributed by atoms with van der Waals surface area (Å²) in [6, 6.07) is 0. The van der Waals surface area contributed by atoms with Gasteiger partial charge >= 0.3 is 6.09 Å². The van der Waals surface area contributed by atoms with Gasteiger partial charge in [0, 0.05) is 12.1 Å². The summed E-state index contributed by atoms with van der Waals surface area (Å²) in [5.74, 6) is 0.454. The van der Waals surface area contributed by atoms with E-state index in [9.17, 15) is 4.79 Å². The zero-order chi connectivity index (χ0) is 11.5. The fraction of sp³-hybridized carbons (Fsp3) is 0.909. The number of nitrogens with zero attached hydrogens (tertiary/aromatic N) is 1. The molecular weight excluding hydrogens is 192 g/mol. The molecule has 0 aromatic carbocycles. The Morgan fingerprint density at radius 3 is 2.67 bits per heavy atom. The summed E-state index contributed by atoms with van der Waals surface area (Å²) in [6.45, 7) is 11.5. The van der Waals surface area contributed by atoms with E-state index in [0.717, 1.165) is 19.6 Å². The van der Waals surface area contributed by atoms with Crippen LogP contribution in [0.5, 0.6) is 0 Å². The van der Waals surface area contributed by atoms with Crippen molar-refractivity contribution in [2.24, 2.45) is 5.92 Å². The van der Waals surface area contributed by atoms with Crippen LogP contribution in [-0.2, 0) is 4.74 Å². The third-order valence-corrected chi connectivity index (χ3v) is 2.36. The Hall–Kier alpha value is -0.770. The van der Waals surface area contributed by atoms with Gasteiger partial charge in [0.1, 0.15) is 6.61 Å². The third-order valence-electron chi connectivity index (χ3n) is 2.36. The first-order valence-corrected chi connectivity index (χ1v) is 5.55. The van der Waals surface area contributed by atoms with Gasteiger partial charge in [0.25, 0.3) is 0 Å². The zero-order valence-electron chi connectivity index (χ0n) is 10.2. The van der Waals surface area contributed by atoms with Crippen LogP contribution in [0, 0.1) is 5.92 Å². The summed E-state index contributed by atoms with van der Waals surface area (Å²) in [5, 5.41) is 3.43. The summed E-state index contributed by atoms with van der Waals surface area (Å²) in [5.41, 5.74) is 0.139. The lowest BCUT2D eigenvalue weighted by Gasteiger charge is -2.25. The molecule has 0 aliphatic carbocycles. The van der Waals surface area contributed by atoms with Crippen LogP contribution in [0.1, 0.15) is 27.7 Å². The van der Waals surface area contributed by atoms with Gasteiger partial charge in [0.2, 0.25) is 0 Å². The molecule has 0 radical (unpaired) electrons. The highest BCUT2D eigenvalue weighted by Gasteiger charge is 2.23. The van der Waals surface area contributed by atoms with Crippen molar-refractivity contribution < 1.29 is 9.53 Å². The average Bonchev–Trinajstić information content (AvgIpc) is 2.47. The maximum Gasteiger partial charge on any atom is 0.409 e. The highest BCUT2D eigenvalue weighted by atomic mass is 16.6. The van der Waals surface area contributed by atoms with E-state index in [4.69, 9.17) is 4.74 Å². The van der Waals surface area contributed by atoms with Crippen molar-refractivity contribution in [1.82, 2.24) is 10.2 Å². The maximum atomic E-state index is 11.2. The van der Waals surface area contributed by atoms with Gasteiger partial charge in [-0.3, -0.25) is 0 Å². The van der Waals surface area contributed by atoms with Gasteiger partial charge in [-0.15, -0.1) is 0 Å². The molecule has 1 N–H and O–H groups in total. The van der Waals surface area contributed by atoms with Crippen LogP contribution >= 0.6 is 0 Å². The van der Waals surface area contributed by atoms with Gasteiger partial charge in [0.15, 0.2) is 0 Å². The number of ether oxygens (including phenoxy) is 1. The van der Waals surface area contributed by atoms with Crippen LogP contribution in [-0.4, -0.2) is 42.8 Å². The second-order valence-electron chi connectivity index (χ2n) is 5.30. The van der Waals surface area contributed by atoms with Crippen molar-refractivity contribution in [3.8, 4) is 0 Å². The fourth-order valence-electron chi connectivity index (χ4n) is 1.51. The Kier molecular flexibility index (Phi) is 3.97. The predicted octanol–water partition coefficient (Wildman–Crippen LogP) is 1.46. The molecule has 0 bridgehead atoms. The molecule has 15 heavy (non-hydrogen) atoms. The topological polar surface area (TPSA) is 41.6 Å². The molecule has 1 atom stereocenters. The second kappa shape index (κ2) is 4.84. The van der Waals surface area contributed by atoms with Gasteiger partial charge in [-0.25, -0.2) is 4.79 Å². The first-order chi connectivity index (χ1) is 6.88. The van der Waals surface area contributed by atoms with E-state index in [1.165, 1.54) is 0 Å². The molecule has 1 heterocycles. The molecule has 1 amide bonds. The first-order valence-electron chi connectivity index (χ1n) is 5.55. The summed E-state index contributed by atoms with van der Waals surface area (Å²) in [6.07, 6.45) is -0.169. The molecular formula is C11H22N2O2. The van der Waals surface area contributed by atoms with Crippen LogP contribution in [0.4, 0.5) is 4.79 Å². The van der Waals surface area contributed by atoms with Crippen LogP contribution in [0.25, 0.3) is 0 Å². The minimum Gasteiger partial charge on any atom is -0.448 e. The lowest BCUT2D eigenvalue weighted by atomic mass is 10.1. The molecule has 0 saturated carbocycles. The smallest absolute Gasteiger partial charge is 0.409 e. The van der Waals surface area contributed by atoms with Gasteiger partial charge < -0.3 is 15.0 Å². The fourth-order valence-corrected chi connectivity index (χ4v) is 1.51. The molecule has 1 aliphatic rings. The van der Waals surface area contributed by atoms with E-state index in [2.05, 4.69) is 33.0 Å². The Balaban J connectivity index is 2.23. The number of cyclic esters (lactones) is 1. The van der Waals surface area contributed by atoms with Crippen molar-refractivity contribution in [3.63, 3.8) is 0 Å². The van der Waals surface area contributed by atoms with Crippen LogP contribution < -0.4 is 5.32 Å². The van der Waals surface area contributed by atoms with E-state index >= 15 is 0 Å². The third kappa shape index (κ3) is 4.51. The lowest BCUT2D eigenvalue weighted by Crippen LogP contribution is -2.41. The Bertz CT molecular complexity index is 223. The Morgan fingerprint density at radius 1 is 1.53 bits per heavy atom. The molecule has 1 saturated heterocycles. The van der Waals surface area contributed by atoms with E-state index in [0.29, 0.717) is 12.5 Å². The largest absolute Gasteiger partial charge is 0.448 e. The van der Waals surface area contributed by atoms with Crippen molar-refractivity contribution in [1.29, 1.82) is 0 Å². The van der Waals surface area contributed by atoms with Gasteiger partial charge in [-0.05, 0) is 33.2 Å². The first kappa shape index (κ1) is 12.3. The molecule has 4 nitrogen and oxygen atoms in total. The van der Waals surface area contributed by atoms with Crippen LogP contribution in [0.2, 0.25) is 0 Å². The highest BCUT2D eigenvalue weighted by Crippen LogP contribution is 2.08. The van der Waals surface area contributed by atoms with Crippen molar-refractivity contribution in [2.45, 2.75) is 33.2 Å². The van der Waals surface area contributed by atoms with Crippen molar-refractivity contribution in [2.75, 3.05) is 26.2 Å². The van der Waals surface area contributed by atoms with Crippen LogP contribution in [0.3, 0.4) is 0 Å². The summed E-state index contributed by atoms with van der Waals surface area (Å²) >= 11 is 0. The van der Waals surface area contributed by atoms with Crippen molar-refractivity contribution in [3.05, 3.63) is 0 Å². The van der Waals surface area contributed by atoms with E-state index in [-0.39, 0.29) is 11.6 Å². The maximum absolute atomic E-state index is 11.2. The number of amides is 1. The second-order valence-corrected chi connectivity index (χ2v) is 5.30. The predicted molar refractivity (Wildman–Crippen MR) is 59.8 cm³/mol. The number of hydrogen-bond donors (Lipinski definition) is 1. The molecule has 0 spiro atoms. The number of nitrogens with one attached hydrogen (secondary N) is 1. The van der Waals surface area contributed by atoms with E-state index in [1.807, 2.05) is 0 Å². The molecule has 0 aromatic heterocycles. The van der Waals surface area contributed by atoms with Gasteiger partial charge in [0.05, 0.1) is 6.54 Å². The Morgan fingerprint density at radius 2 is 2.20 bits per heavy atom. The molecule has 1 aliphatic heterocycles. The molecule has 4 heteroatoms. The SMILES string of the molecule is CC(CNC(C)(C)C)CN1CCOC1=O. The summed E-state index contributed by atoms with van der Waals surface area (Å²) < 4.78 is 4.88. The standard InChI is InChI=1S/C11H22N2O2/c1-9(7-12-11(2,3)4)8-13-5-6-15-10(13)14/h9,12H,5-8H2,1-4H3. The highest BCUT2D eigenvalue weighted by molar-refractivity contribution is 5.69. The van der Waals surface area contributed by atoms with E-state index < -0.39 is 0 Å².